The van der Waals surface area contributed by atoms with Crippen molar-refractivity contribution in [3.8, 4) is 0 Å². The van der Waals surface area contributed by atoms with Gasteiger partial charge in [0.2, 0.25) is 0 Å². The summed E-state index contributed by atoms with van der Waals surface area (Å²) < 4.78 is 28.6. The molecule has 0 bridgehead atoms. The zero-order valence-electron chi connectivity index (χ0n) is 12.4. The standard InChI is InChI=1S/C12H28N4O2S/c1-4-6-15(7-5-2)19(17,18)16-9-8-14(3)11-12(16)10-13/h12H,4-11,13H2,1-3H3. The van der Waals surface area contributed by atoms with Crippen molar-refractivity contribution in [2.24, 2.45) is 5.73 Å². The van der Waals surface area contributed by atoms with Crippen molar-refractivity contribution in [1.29, 1.82) is 0 Å². The lowest BCUT2D eigenvalue weighted by Crippen LogP contribution is -2.59. The van der Waals surface area contributed by atoms with Crippen LogP contribution >= 0.6 is 0 Å². The molecule has 2 N–H and O–H groups in total. The first kappa shape index (κ1) is 16.8. The third kappa shape index (κ3) is 4.13. The Hall–Kier alpha value is -0.210. The van der Waals surface area contributed by atoms with Gasteiger partial charge in [-0.2, -0.15) is 17.0 Å². The van der Waals surface area contributed by atoms with E-state index in [0.717, 1.165) is 19.4 Å². The SMILES string of the molecule is CCCN(CCC)S(=O)(=O)N1CCN(C)CC1CN. The van der Waals surface area contributed by atoms with Crippen LogP contribution < -0.4 is 5.73 Å². The van der Waals surface area contributed by atoms with Crippen LogP contribution in [0.2, 0.25) is 0 Å². The van der Waals surface area contributed by atoms with E-state index in [1.54, 1.807) is 8.61 Å². The van der Waals surface area contributed by atoms with Gasteiger partial charge in [0.1, 0.15) is 0 Å². The van der Waals surface area contributed by atoms with Gasteiger partial charge >= 0.3 is 0 Å². The predicted octanol–water partition coefficient (Wildman–Crippen LogP) is -0.0721. The highest BCUT2D eigenvalue weighted by atomic mass is 32.2. The average Bonchev–Trinajstić information content (AvgIpc) is 2.38. The summed E-state index contributed by atoms with van der Waals surface area (Å²) in [6.45, 7) is 7.55. The fourth-order valence-electron chi connectivity index (χ4n) is 2.48. The Kier molecular flexibility index (Phi) is 6.68. The zero-order valence-corrected chi connectivity index (χ0v) is 13.2. The van der Waals surface area contributed by atoms with E-state index in [2.05, 4.69) is 4.90 Å². The molecule has 0 aliphatic carbocycles. The van der Waals surface area contributed by atoms with Crippen LogP contribution in [0.3, 0.4) is 0 Å². The molecule has 1 aliphatic heterocycles. The van der Waals surface area contributed by atoms with E-state index in [-0.39, 0.29) is 6.04 Å². The van der Waals surface area contributed by atoms with Gasteiger partial charge in [0.05, 0.1) is 6.04 Å². The first-order valence-electron chi connectivity index (χ1n) is 7.12. The second-order valence-corrected chi connectivity index (χ2v) is 7.05. The Balaban J connectivity index is 2.89. The van der Waals surface area contributed by atoms with Crippen molar-refractivity contribution in [3.05, 3.63) is 0 Å². The third-order valence-corrected chi connectivity index (χ3v) is 5.56. The molecule has 1 rings (SSSR count). The van der Waals surface area contributed by atoms with E-state index in [0.29, 0.717) is 32.7 Å². The summed E-state index contributed by atoms with van der Waals surface area (Å²) in [6.07, 6.45) is 1.67. The minimum Gasteiger partial charge on any atom is -0.329 e. The molecule has 19 heavy (non-hydrogen) atoms. The summed E-state index contributed by atoms with van der Waals surface area (Å²) in [5.74, 6) is 0. The number of rotatable bonds is 7. The largest absolute Gasteiger partial charge is 0.329 e. The maximum Gasteiger partial charge on any atom is 0.282 e. The van der Waals surface area contributed by atoms with Crippen LogP contribution in [-0.2, 0) is 10.2 Å². The summed E-state index contributed by atoms with van der Waals surface area (Å²) in [5.41, 5.74) is 5.75. The molecule has 6 nitrogen and oxygen atoms in total. The summed E-state index contributed by atoms with van der Waals surface area (Å²) in [4.78, 5) is 2.13. The molecule has 1 heterocycles. The lowest BCUT2D eigenvalue weighted by molar-refractivity contribution is 0.155. The topological polar surface area (TPSA) is 69.9 Å². The van der Waals surface area contributed by atoms with Crippen molar-refractivity contribution in [2.45, 2.75) is 32.7 Å². The van der Waals surface area contributed by atoms with E-state index < -0.39 is 10.2 Å². The summed E-state index contributed by atoms with van der Waals surface area (Å²) in [6, 6.07) is -0.111. The normalized spacial score (nSPS) is 23.1. The number of hydrogen-bond donors (Lipinski definition) is 1. The Bertz CT molecular complexity index is 355. The van der Waals surface area contributed by atoms with Crippen LogP contribution in [0.5, 0.6) is 0 Å². The monoisotopic (exact) mass is 292 g/mol. The fraction of sp³-hybridized carbons (Fsp3) is 1.00. The van der Waals surface area contributed by atoms with Crippen LogP contribution in [0, 0.1) is 0 Å². The molecule has 0 spiro atoms. The van der Waals surface area contributed by atoms with Crippen LogP contribution in [0.15, 0.2) is 0 Å². The van der Waals surface area contributed by atoms with Gasteiger partial charge in [-0.05, 0) is 19.9 Å². The first-order valence-corrected chi connectivity index (χ1v) is 8.52. The van der Waals surface area contributed by atoms with Gasteiger partial charge in [-0.3, -0.25) is 0 Å². The molecule has 0 saturated carbocycles. The highest BCUT2D eigenvalue weighted by Gasteiger charge is 2.36. The molecule has 1 unspecified atom stereocenters. The van der Waals surface area contributed by atoms with Gasteiger partial charge in [0.25, 0.3) is 10.2 Å². The molecule has 1 aliphatic rings. The van der Waals surface area contributed by atoms with Gasteiger partial charge in [0.15, 0.2) is 0 Å². The predicted molar refractivity (Wildman–Crippen MR) is 78.1 cm³/mol. The zero-order chi connectivity index (χ0) is 14.5. The molecule has 0 aromatic heterocycles. The van der Waals surface area contributed by atoms with E-state index in [1.807, 2.05) is 20.9 Å². The number of hydrogen-bond acceptors (Lipinski definition) is 4. The molecule has 1 saturated heterocycles. The molecule has 1 fully saturated rings. The fourth-order valence-corrected chi connectivity index (χ4v) is 4.44. The van der Waals surface area contributed by atoms with Gasteiger partial charge in [-0.15, -0.1) is 0 Å². The van der Waals surface area contributed by atoms with Crippen LogP contribution in [0.4, 0.5) is 0 Å². The number of likely N-dealkylation sites (N-methyl/N-ethyl adjacent to an activating group) is 1. The Morgan fingerprint density at radius 2 is 1.79 bits per heavy atom. The summed E-state index contributed by atoms with van der Waals surface area (Å²) in [7, 11) is -1.37. The molecular formula is C12H28N4O2S. The van der Waals surface area contributed by atoms with Gasteiger partial charge in [-0.25, -0.2) is 0 Å². The lowest BCUT2D eigenvalue weighted by atomic mass is 10.2. The molecule has 114 valence electrons. The van der Waals surface area contributed by atoms with Crippen molar-refractivity contribution in [1.82, 2.24) is 13.5 Å². The average molecular weight is 292 g/mol. The Morgan fingerprint density at radius 1 is 1.21 bits per heavy atom. The molecule has 1 atom stereocenters. The van der Waals surface area contributed by atoms with Crippen molar-refractivity contribution >= 4 is 10.2 Å². The lowest BCUT2D eigenvalue weighted by Gasteiger charge is -2.40. The highest BCUT2D eigenvalue weighted by molar-refractivity contribution is 7.86. The Labute approximate surface area is 117 Å². The van der Waals surface area contributed by atoms with Gasteiger partial charge in [0, 0.05) is 39.3 Å². The molecular weight excluding hydrogens is 264 g/mol. The van der Waals surface area contributed by atoms with Gasteiger partial charge < -0.3 is 10.6 Å². The van der Waals surface area contributed by atoms with Crippen LogP contribution in [0.25, 0.3) is 0 Å². The molecule has 0 amide bonds. The van der Waals surface area contributed by atoms with Crippen molar-refractivity contribution in [3.63, 3.8) is 0 Å². The third-order valence-electron chi connectivity index (χ3n) is 3.47. The van der Waals surface area contributed by atoms with Crippen LogP contribution in [0.1, 0.15) is 26.7 Å². The maximum atomic E-state index is 12.7. The number of nitrogens with two attached hydrogens (primary N) is 1. The van der Waals surface area contributed by atoms with E-state index in [1.165, 1.54) is 0 Å². The maximum absolute atomic E-state index is 12.7. The Morgan fingerprint density at radius 3 is 2.26 bits per heavy atom. The molecule has 7 heteroatoms. The van der Waals surface area contributed by atoms with Crippen LogP contribution in [-0.4, -0.2) is 74.3 Å². The molecule has 0 aromatic carbocycles. The van der Waals surface area contributed by atoms with Gasteiger partial charge in [-0.1, -0.05) is 13.8 Å². The van der Waals surface area contributed by atoms with Crippen molar-refractivity contribution in [2.75, 3.05) is 46.3 Å². The number of piperazine rings is 1. The minimum absolute atomic E-state index is 0.111. The first-order chi connectivity index (χ1) is 8.97. The van der Waals surface area contributed by atoms with Crippen molar-refractivity contribution < 1.29 is 8.42 Å². The quantitative estimate of drug-likeness (QED) is 0.713. The molecule has 0 radical (unpaired) electrons. The number of nitrogens with zero attached hydrogens (tertiary/aromatic N) is 3. The minimum atomic E-state index is -3.37. The second-order valence-electron chi connectivity index (χ2n) is 5.17. The summed E-state index contributed by atoms with van der Waals surface area (Å²) in [5, 5.41) is 0. The molecule has 0 aromatic rings. The highest BCUT2D eigenvalue weighted by Crippen LogP contribution is 2.17. The van der Waals surface area contributed by atoms with E-state index >= 15 is 0 Å². The summed E-state index contributed by atoms with van der Waals surface area (Å²) >= 11 is 0. The second kappa shape index (κ2) is 7.54. The van der Waals surface area contributed by atoms with E-state index in [4.69, 9.17) is 5.73 Å². The smallest absolute Gasteiger partial charge is 0.282 e. The van der Waals surface area contributed by atoms with E-state index in [9.17, 15) is 8.42 Å².